The summed E-state index contributed by atoms with van der Waals surface area (Å²) < 4.78 is 0. The summed E-state index contributed by atoms with van der Waals surface area (Å²) in [6.07, 6.45) is 16.9. The Morgan fingerprint density at radius 1 is 0.714 bits per heavy atom. The van der Waals surface area contributed by atoms with Crippen molar-refractivity contribution < 1.29 is 4.79 Å². The zero-order chi connectivity index (χ0) is 15.6. The molecule has 0 spiro atoms. The summed E-state index contributed by atoms with van der Waals surface area (Å²) in [5.74, 6) is 2.45. The molecule has 0 saturated heterocycles. The molecule has 0 N–H and O–H groups in total. The number of rotatable bonds is 17. The van der Waals surface area contributed by atoms with E-state index < -0.39 is 0 Å². The molecule has 0 atom stereocenters. The smallest absolute Gasteiger partial charge is 0.185 e. The van der Waals surface area contributed by atoms with E-state index in [1.54, 1.807) is 0 Å². The molecule has 0 amide bonds. The summed E-state index contributed by atoms with van der Waals surface area (Å²) in [4.78, 5) is 10.6. The van der Waals surface area contributed by atoms with E-state index in [4.69, 9.17) is 0 Å². The second-order valence-corrected chi connectivity index (χ2v) is 8.88. The first-order chi connectivity index (χ1) is 10.3. The van der Waals surface area contributed by atoms with Crippen molar-refractivity contribution in [3.05, 3.63) is 0 Å². The summed E-state index contributed by atoms with van der Waals surface area (Å²) in [5, 5.41) is 0.0259. The highest BCUT2D eigenvalue weighted by Gasteiger charge is 1.96. The zero-order valence-electron chi connectivity index (χ0n) is 13.8. The van der Waals surface area contributed by atoms with Crippen LogP contribution in [0.2, 0.25) is 0 Å². The standard InChI is InChI=1S/C17H34OS3/c1-2-3-4-5-6-7-8-9-10-12-15-20-21-16-13-11-14-17(18)19/h2-16H2,1H3,(H,18,19). The number of hydrogen-bond acceptors (Lipinski definition) is 3. The van der Waals surface area contributed by atoms with Crippen molar-refractivity contribution in [2.75, 3.05) is 11.5 Å². The predicted octanol–water partition coefficient (Wildman–Crippen LogP) is 6.92. The second kappa shape index (κ2) is 18.8. The van der Waals surface area contributed by atoms with E-state index in [1.165, 1.54) is 75.7 Å². The second-order valence-electron chi connectivity index (χ2n) is 5.68. The zero-order valence-corrected chi connectivity index (χ0v) is 16.3. The van der Waals surface area contributed by atoms with Crippen LogP contribution in [0.15, 0.2) is 0 Å². The van der Waals surface area contributed by atoms with E-state index in [1.807, 2.05) is 21.6 Å². The molecular formula is C17H34OS3. The fourth-order valence-corrected chi connectivity index (χ4v) is 4.66. The summed E-state index contributed by atoms with van der Waals surface area (Å²) >= 11 is 3.77. The van der Waals surface area contributed by atoms with Crippen LogP contribution in [0.25, 0.3) is 0 Å². The molecule has 0 aromatic carbocycles. The van der Waals surface area contributed by atoms with Gasteiger partial charge in [-0.25, -0.2) is 0 Å². The first-order valence-corrected chi connectivity index (χ1v) is 11.7. The molecule has 0 aromatic heterocycles. The fourth-order valence-electron chi connectivity index (χ4n) is 2.20. The highest BCUT2D eigenvalue weighted by molar-refractivity contribution is 8.76. The molecule has 0 aliphatic carbocycles. The highest BCUT2D eigenvalue weighted by atomic mass is 33.1. The molecule has 0 unspecified atom stereocenters. The Labute approximate surface area is 146 Å². The first-order valence-electron chi connectivity index (χ1n) is 8.73. The van der Waals surface area contributed by atoms with E-state index in [0.29, 0.717) is 6.42 Å². The Kier molecular flexibility index (Phi) is 19.4. The van der Waals surface area contributed by atoms with Gasteiger partial charge >= 0.3 is 0 Å². The minimum absolute atomic E-state index is 0.0259. The maximum Gasteiger partial charge on any atom is 0.185 e. The van der Waals surface area contributed by atoms with E-state index in [2.05, 4.69) is 19.6 Å². The Morgan fingerprint density at radius 2 is 1.14 bits per heavy atom. The lowest BCUT2D eigenvalue weighted by Crippen LogP contribution is -1.87. The molecule has 0 rings (SSSR count). The average molecular weight is 351 g/mol. The van der Waals surface area contributed by atoms with E-state index in [-0.39, 0.29) is 5.12 Å². The quantitative estimate of drug-likeness (QED) is 0.174. The maximum absolute atomic E-state index is 10.6. The fraction of sp³-hybridized carbons (Fsp3) is 0.941. The number of carbonyl (C=O) groups excluding carboxylic acids is 1. The summed E-state index contributed by atoms with van der Waals surface area (Å²) in [6, 6.07) is 0. The lowest BCUT2D eigenvalue weighted by atomic mass is 10.1. The molecule has 0 saturated carbocycles. The lowest BCUT2D eigenvalue weighted by Gasteiger charge is -2.03. The Hall–Kier alpha value is 0.720. The van der Waals surface area contributed by atoms with Crippen LogP contribution < -0.4 is 0 Å². The van der Waals surface area contributed by atoms with Crippen LogP contribution in [0.1, 0.15) is 90.4 Å². The molecular weight excluding hydrogens is 316 g/mol. The molecule has 0 fully saturated rings. The van der Waals surface area contributed by atoms with Gasteiger partial charge < -0.3 is 0 Å². The number of hydrogen-bond donors (Lipinski definition) is 1. The van der Waals surface area contributed by atoms with Crippen molar-refractivity contribution >= 4 is 39.3 Å². The third kappa shape index (κ3) is 20.7. The van der Waals surface area contributed by atoms with Crippen LogP contribution in [0, 0.1) is 0 Å². The number of carbonyl (C=O) groups is 1. The van der Waals surface area contributed by atoms with Crippen LogP contribution >= 0.6 is 34.2 Å². The molecule has 4 heteroatoms. The molecule has 0 aliphatic rings. The molecule has 0 heterocycles. The minimum atomic E-state index is 0.0259. The largest absolute Gasteiger partial charge is 0.288 e. The highest BCUT2D eigenvalue weighted by Crippen LogP contribution is 2.24. The number of thiol groups is 1. The first kappa shape index (κ1) is 21.7. The van der Waals surface area contributed by atoms with Crippen molar-refractivity contribution in [3.8, 4) is 0 Å². The predicted molar refractivity (Wildman–Crippen MR) is 105 cm³/mol. The van der Waals surface area contributed by atoms with Crippen molar-refractivity contribution in [1.82, 2.24) is 0 Å². The molecule has 126 valence electrons. The average Bonchev–Trinajstić information content (AvgIpc) is 2.46. The van der Waals surface area contributed by atoms with Crippen LogP contribution in [0.5, 0.6) is 0 Å². The van der Waals surface area contributed by atoms with Gasteiger partial charge in [-0.05, 0) is 19.3 Å². The number of unbranched alkanes of at least 4 members (excludes halogenated alkanes) is 10. The van der Waals surface area contributed by atoms with Crippen LogP contribution in [0.4, 0.5) is 0 Å². The van der Waals surface area contributed by atoms with E-state index in [9.17, 15) is 4.79 Å². The molecule has 0 bridgehead atoms. The van der Waals surface area contributed by atoms with Crippen molar-refractivity contribution in [2.45, 2.75) is 90.4 Å². The molecule has 0 aromatic rings. The lowest BCUT2D eigenvalue weighted by molar-refractivity contribution is -0.110. The normalized spacial score (nSPS) is 11.0. The van der Waals surface area contributed by atoms with Crippen LogP contribution in [-0.4, -0.2) is 16.6 Å². The summed E-state index contributed by atoms with van der Waals surface area (Å²) in [6.45, 7) is 2.28. The van der Waals surface area contributed by atoms with Gasteiger partial charge in [0.05, 0.1) is 0 Å². The summed E-state index contributed by atoms with van der Waals surface area (Å²) in [7, 11) is 3.97. The maximum atomic E-state index is 10.6. The van der Waals surface area contributed by atoms with Crippen LogP contribution in [0.3, 0.4) is 0 Å². The SMILES string of the molecule is CCCCCCCCCCCCSSCCCCC(=O)S. The third-order valence-electron chi connectivity index (χ3n) is 3.53. The van der Waals surface area contributed by atoms with Crippen molar-refractivity contribution in [3.63, 3.8) is 0 Å². The van der Waals surface area contributed by atoms with E-state index in [0.717, 1.165) is 12.8 Å². The van der Waals surface area contributed by atoms with Gasteiger partial charge in [-0.15, -0.1) is 12.6 Å². The van der Waals surface area contributed by atoms with Gasteiger partial charge in [0.1, 0.15) is 0 Å². The minimum Gasteiger partial charge on any atom is -0.288 e. The van der Waals surface area contributed by atoms with Gasteiger partial charge in [-0.3, -0.25) is 4.79 Å². The monoisotopic (exact) mass is 350 g/mol. The Morgan fingerprint density at radius 3 is 1.62 bits per heavy atom. The molecule has 0 radical (unpaired) electrons. The molecule has 0 aliphatic heterocycles. The van der Waals surface area contributed by atoms with Gasteiger partial charge in [-0.1, -0.05) is 86.3 Å². The Bertz CT molecular complexity index is 222. The Balaban J connectivity index is 2.95. The van der Waals surface area contributed by atoms with Crippen molar-refractivity contribution in [2.24, 2.45) is 0 Å². The molecule has 21 heavy (non-hydrogen) atoms. The van der Waals surface area contributed by atoms with Gasteiger partial charge in [0.15, 0.2) is 5.12 Å². The van der Waals surface area contributed by atoms with Gasteiger partial charge in [0.2, 0.25) is 0 Å². The van der Waals surface area contributed by atoms with Crippen LogP contribution in [-0.2, 0) is 4.79 Å². The van der Waals surface area contributed by atoms with Gasteiger partial charge in [0, 0.05) is 17.9 Å². The van der Waals surface area contributed by atoms with Gasteiger partial charge in [-0.2, -0.15) is 0 Å². The topological polar surface area (TPSA) is 17.1 Å². The van der Waals surface area contributed by atoms with Gasteiger partial charge in [0.25, 0.3) is 0 Å². The third-order valence-corrected chi connectivity index (χ3v) is 6.33. The summed E-state index contributed by atoms with van der Waals surface area (Å²) in [5.41, 5.74) is 0. The van der Waals surface area contributed by atoms with Crippen molar-refractivity contribution in [1.29, 1.82) is 0 Å². The van der Waals surface area contributed by atoms with E-state index >= 15 is 0 Å². The molecule has 1 nitrogen and oxygen atoms in total.